The largest absolute Gasteiger partial charge is 0.489 e. The number of carbonyl (C=O) groups is 2. The van der Waals surface area contributed by atoms with Crippen LogP contribution in [-0.4, -0.2) is 18.4 Å². The molecular weight excluding hydrogens is 366 g/mol. The summed E-state index contributed by atoms with van der Waals surface area (Å²) in [6, 6.07) is 22.4. The van der Waals surface area contributed by atoms with Gasteiger partial charge in [0, 0.05) is 11.4 Å². The molecule has 4 N–H and O–H groups in total. The van der Waals surface area contributed by atoms with Gasteiger partial charge in [0.2, 0.25) is 5.91 Å². The summed E-state index contributed by atoms with van der Waals surface area (Å²) >= 11 is 0. The van der Waals surface area contributed by atoms with Crippen LogP contribution in [0.1, 0.15) is 21.5 Å². The molecule has 0 aliphatic carbocycles. The lowest BCUT2D eigenvalue weighted by molar-refractivity contribution is -0.114. The lowest BCUT2D eigenvalue weighted by Gasteiger charge is -2.12. The number of amides is 2. The number of anilines is 2. The van der Waals surface area contributed by atoms with Gasteiger partial charge in [-0.1, -0.05) is 42.5 Å². The summed E-state index contributed by atoms with van der Waals surface area (Å²) in [5, 5.41) is 5.77. The topological polar surface area (TPSA) is 93.4 Å². The standard InChI is InChI=1S/C23H23N3O3/c1-16-6-5-9-20(22(16)23(24)28)25-14-21(27)26-18-10-12-19(13-11-18)29-15-17-7-3-2-4-8-17/h2-13,25H,14-15H2,1H3,(H2,24,28)(H,26,27). The highest BCUT2D eigenvalue weighted by atomic mass is 16.5. The van der Waals surface area contributed by atoms with Crippen LogP contribution in [0.4, 0.5) is 11.4 Å². The highest BCUT2D eigenvalue weighted by Gasteiger charge is 2.12. The third-order valence-electron chi connectivity index (χ3n) is 4.34. The maximum atomic E-state index is 12.2. The van der Waals surface area contributed by atoms with E-state index in [1.807, 2.05) is 30.3 Å². The highest BCUT2D eigenvalue weighted by molar-refractivity contribution is 6.01. The molecule has 2 amide bonds. The van der Waals surface area contributed by atoms with Crippen LogP contribution in [0.15, 0.2) is 72.8 Å². The van der Waals surface area contributed by atoms with Gasteiger partial charge < -0.3 is 21.1 Å². The van der Waals surface area contributed by atoms with E-state index < -0.39 is 5.91 Å². The number of benzene rings is 3. The number of aryl methyl sites for hydroxylation is 1. The second-order valence-electron chi connectivity index (χ2n) is 6.56. The van der Waals surface area contributed by atoms with Crippen LogP contribution in [0.25, 0.3) is 0 Å². The summed E-state index contributed by atoms with van der Waals surface area (Å²) in [5.74, 6) is -0.0483. The molecule has 0 aliphatic rings. The van der Waals surface area contributed by atoms with Gasteiger partial charge in [0.15, 0.2) is 0 Å². The minimum atomic E-state index is -0.530. The second-order valence-corrected chi connectivity index (χ2v) is 6.56. The van der Waals surface area contributed by atoms with Crippen LogP contribution in [0.3, 0.4) is 0 Å². The molecule has 148 valence electrons. The fourth-order valence-corrected chi connectivity index (χ4v) is 2.90. The molecule has 0 fully saturated rings. The fourth-order valence-electron chi connectivity index (χ4n) is 2.90. The number of nitrogens with one attached hydrogen (secondary N) is 2. The van der Waals surface area contributed by atoms with Gasteiger partial charge >= 0.3 is 0 Å². The molecule has 29 heavy (non-hydrogen) atoms. The smallest absolute Gasteiger partial charge is 0.251 e. The van der Waals surface area contributed by atoms with E-state index in [2.05, 4.69) is 10.6 Å². The van der Waals surface area contributed by atoms with E-state index in [1.54, 1.807) is 49.4 Å². The number of hydrogen-bond donors (Lipinski definition) is 3. The molecule has 0 heterocycles. The first-order chi connectivity index (χ1) is 14.0. The molecule has 3 aromatic carbocycles. The summed E-state index contributed by atoms with van der Waals surface area (Å²) in [5.41, 5.74) is 8.86. The van der Waals surface area contributed by atoms with Crippen molar-refractivity contribution in [3.63, 3.8) is 0 Å². The molecule has 0 saturated heterocycles. The normalized spacial score (nSPS) is 10.2. The first-order valence-electron chi connectivity index (χ1n) is 9.23. The molecule has 3 rings (SSSR count). The number of hydrogen-bond acceptors (Lipinski definition) is 4. The van der Waals surface area contributed by atoms with Gasteiger partial charge in [-0.25, -0.2) is 0 Å². The molecule has 6 heteroatoms. The molecule has 3 aromatic rings. The number of nitrogens with two attached hydrogens (primary N) is 1. The van der Waals surface area contributed by atoms with Crippen LogP contribution in [0.2, 0.25) is 0 Å². The molecule has 0 bridgehead atoms. The predicted molar refractivity (Wildman–Crippen MR) is 114 cm³/mol. The molecule has 0 aromatic heterocycles. The average Bonchev–Trinajstić information content (AvgIpc) is 2.72. The zero-order chi connectivity index (χ0) is 20.6. The molecule has 0 aliphatic heterocycles. The van der Waals surface area contributed by atoms with Gasteiger partial charge in [-0.05, 0) is 48.4 Å². The van der Waals surface area contributed by atoms with E-state index in [0.717, 1.165) is 16.9 Å². The quantitative estimate of drug-likeness (QED) is 0.547. The summed E-state index contributed by atoms with van der Waals surface area (Å²) in [6.07, 6.45) is 0. The predicted octanol–water partition coefficient (Wildman–Crippen LogP) is 3.72. The lowest BCUT2D eigenvalue weighted by atomic mass is 10.1. The van der Waals surface area contributed by atoms with E-state index in [1.165, 1.54) is 0 Å². The minimum Gasteiger partial charge on any atom is -0.489 e. The number of carbonyl (C=O) groups excluding carboxylic acids is 2. The van der Waals surface area contributed by atoms with Crippen molar-refractivity contribution in [2.75, 3.05) is 17.2 Å². The molecule has 0 unspecified atom stereocenters. The van der Waals surface area contributed by atoms with E-state index >= 15 is 0 Å². The van der Waals surface area contributed by atoms with E-state index in [4.69, 9.17) is 10.5 Å². The SMILES string of the molecule is Cc1cccc(NCC(=O)Nc2ccc(OCc3ccccc3)cc2)c1C(N)=O. The van der Waals surface area contributed by atoms with Crippen molar-refractivity contribution in [2.24, 2.45) is 5.73 Å². The van der Waals surface area contributed by atoms with Crippen molar-refractivity contribution >= 4 is 23.2 Å². The Kier molecular flexibility index (Phi) is 6.47. The van der Waals surface area contributed by atoms with Crippen molar-refractivity contribution in [2.45, 2.75) is 13.5 Å². The molecule has 0 saturated carbocycles. The van der Waals surface area contributed by atoms with Gasteiger partial charge in [-0.2, -0.15) is 0 Å². The Morgan fingerprint density at radius 1 is 0.931 bits per heavy atom. The van der Waals surface area contributed by atoms with Gasteiger partial charge in [-0.15, -0.1) is 0 Å². The third kappa shape index (κ3) is 5.59. The first kappa shape index (κ1) is 19.9. The van der Waals surface area contributed by atoms with Crippen LogP contribution in [-0.2, 0) is 11.4 Å². The van der Waals surface area contributed by atoms with Crippen LogP contribution >= 0.6 is 0 Å². The zero-order valence-corrected chi connectivity index (χ0v) is 16.1. The Bertz CT molecular complexity index is 986. The Hall–Kier alpha value is -3.80. The van der Waals surface area contributed by atoms with E-state index in [-0.39, 0.29) is 12.5 Å². The maximum Gasteiger partial charge on any atom is 0.251 e. The number of rotatable bonds is 8. The summed E-state index contributed by atoms with van der Waals surface area (Å²) < 4.78 is 5.74. The first-order valence-corrected chi connectivity index (χ1v) is 9.23. The van der Waals surface area contributed by atoms with Crippen molar-refractivity contribution in [3.8, 4) is 5.75 Å². The Morgan fingerprint density at radius 2 is 1.66 bits per heavy atom. The fraction of sp³-hybridized carbons (Fsp3) is 0.130. The Morgan fingerprint density at radius 3 is 2.34 bits per heavy atom. The Balaban J connectivity index is 1.52. The maximum absolute atomic E-state index is 12.2. The van der Waals surface area contributed by atoms with Crippen molar-refractivity contribution < 1.29 is 14.3 Å². The van der Waals surface area contributed by atoms with Crippen molar-refractivity contribution in [1.82, 2.24) is 0 Å². The molecule has 0 atom stereocenters. The second kappa shape index (κ2) is 9.41. The third-order valence-corrected chi connectivity index (χ3v) is 4.34. The van der Waals surface area contributed by atoms with Crippen LogP contribution < -0.4 is 21.1 Å². The summed E-state index contributed by atoms with van der Waals surface area (Å²) in [6.45, 7) is 2.29. The zero-order valence-electron chi connectivity index (χ0n) is 16.1. The number of ether oxygens (including phenoxy) is 1. The van der Waals surface area contributed by atoms with Gasteiger partial charge in [0.25, 0.3) is 5.91 Å². The average molecular weight is 389 g/mol. The molecule has 6 nitrogen and oxygen atoms in total. The van der Waals surface area contributed by atoms with Gasteiger partial charge in [-0.3, -0.25) is 9.59 Å². The van der Waals surface area contributed by atoms with E-state index in [0.29, 0.717) is 23.5 Å². The highest BCUT2D eigenvalue weighted by Crippen LogP contribution is 2.19. The summed E-state index contributed by atoms with van der Waals surface area (Å²) in [7, 11) is 0. The van der Waals surface area contributed by atoms with E-state index in [9.17, 15) is 9.59 Å². The Labute approximate surface area is 169 Å². The summed E-state index contributed by atoms with van der Waals surface area (Å²) in [4.78, 5) is 23.9. The molecule has 0 radical (unpaired) electrons. The van der Waals surface area contributed by atoms with Gasteiger partial charge in [0.1, 0.15) is 12.4 Å². The lowest BCUT2D eigenvalue weighted by Crippen LogP contribution is -2.23. The number of primary amides is 1. The van der Waals surface area contributed by atoms with Gasteiger partial charge in [0.05, 0.1) is 12.1 Å². The monoisotopic (exact) mass is 389 g/mol. The van der Waals surface area contributed by atoms with Crippen molar-refractivity contribution in [1.29, 1.82) is 0 Å². The van der Waals surface area contributed by atoms with Crippen molar-refractivity contribution in [3.05, 3.63) is 89.5 Å². The van der Waals surface area contributed by atoms with Crippen LogP contribution in [0, 0.1) is 6.92 Å². The van der Waals surface area contributed by atoms with Crippen LogP contribution in [0.5, 0.6) is 5.75 Å². The molecular formula is C23H23N3O3. The molecule has 0 spiro atoms. The minimum absolute atomic E-state index is 0.00991.